The second-order valence-corrected chi connectivity index (χ2v) is 6.80. The van der Waals surface area contributed by atoms with Crippen LogP contribution in [0.1, 0.15) is 10.4 Å². The topological polar surface area (TPSA) is 64.1 Å². The summed E-state index contributed by atoms with van der Waals surface area (Å²) in [6.45, 7) is -1.38. The number of nitrogens with zero attached hydrogens (tertiary/aromatic N) is 2. The first-order valence-electron chi connectivity index (χ1n) is 6.94. The van der Waals surface area contributed by atoms with Crippen LogP contribution in [0.4, 0.5) is 18.3 Å². The van der Waals surface area contributed by atoms with Crippen LogP contribution in [0.5, 0.6) is 5.75 Å². The van der Waals surface area contributed by atoms with Gasteiger partial charge in [-0.25, -0.2) is 9.97 Å². The summed E-state index contributed by atoms with van der Waals surface area (Å²) in [5.41, 5.74) is 0.699. The number of rotatable bonds is 4. The standard InChI is InChI=1S/C15H8Cl2F3N3O2S/c16-9-3-7(5-21-12(9)17)13(24)23-14-22-10-2-1-8(4-11(10)26-14)25-6-15(18,19)20/h1-5H,6H2,(H,22,23,24). The molecule has 2 heterocycles. The minimum atomic E-state index is -4.42. The predicted molar refractivity (Wildman–Crippen MR) is 93.4 cm³/mol. The fourth-order valence-corrected chi connectivity index (χ4v) is 3.09. The molecule has 0 bridgehead atoms. The molecule has 0 aliphatic rings. The highest BCUT2D eigenvalue weighted by Crippen LogP contribution is 2.30. The molecule has 3 aromatic rings. The van der Waals surface area contributed by atoms with E-state index in [0.717, 1.165) is 11.3 Å². The van der Waals surface area contributed by atoms with Crippen molar-refractivity contribution in [3.05, 3.63) is 46.2 Å². The average molecular weight is 422 g/mol. The van der Waals surface area contributed by atoms with E-state index < -0.39 is 18.7 Å². The van der Waals surface area contributed by atoms with Crippen molar-refractivity contribution in [3.63, 3.8) is 0 Å². The Balaban J connectivity index is 1.76. The van der Waals surface area contributed by atoms with Crippen molar-refractivity contribution < 1.29 is 22.7 Å². The van der Waals surface area contributed by atoms with Gasteiger partial charge in [-0.2, -0.15) is 13.2 Å². The highest BCUT2D eigenvalue weighted by molar-refractivity contribution is 7.22. The zero-order chi connectivity index (χ0) is 18.9. The lowest BCUT2D eigenvalue weighted by molar-refractivity contribution is -0.153. The Hall–Kier alpha value is -2.10. The van der Waals surface area contributed by atoms with Gasteiger partial charge in [0, 0.05) is 6.20 Å². The summed E-state index contributed by atoms with van der Waals surface area (Å²) in [6.07, 6.45) is -3.16. The summed E-state index contributed by atoms with van der Waals surface area (Å²) in [6, 6.07) is 5.67. The molecule has 0 radical (unpaired) electrons. The number of carbonyl (C=O) groups excluding carboxylic acids is 1. The lowest BCUT2D eigenvalue weighted by Gasteiger charge is -2.08. The van der Waals surface area contributed by atoms with E-state index in [-0.39, 0.29) is 26.6 Å². The largest absolute Gasteiger partial charge is 0.484 e. The number of benzene rings is 1. The van der Waals surface area contributed by atoms with Gasteiger partial charge in [0.05, 0.1) is 20.8 Å². The number of pyridine rings is 1. The Morgan fingerprint density at radius 3 is 2.73 bits per heavy atom. The van der Waals surface area contributed by atoms with E-state index in [0.29, 0.717) is 10.2 Å². The molecule has 0 aliphatic carbocycles. The van der Waals surface area contributed by atoms with Crippen LogP contribution in [-0.2, 0) is 0 Å². The van der Waals surface area contributed by atoms with Gasteiger partial charge in [0.1, 0.15) is 10.9 Å². The number of amides is 1. The molecule has 0 spiro atoms. The van der Waals surface area contributed by atoms with Gasteiger partial charge < -0.3 is 4.74 Å². The first kappa shape index (κ1) is 18.7. The first-order chi connectivity index (χ1) is 12.2. The molecular weight excluding hydrogens is 414 g/mol. The first-order valence-corrected chi connectivity index (χ1v) is 8.51. The van der Waals surface area contributed by atoms with Crippen molar-refractivity contribution >= 4 is 55.8 Å². The van der Waals surface area contributed by atoms with Crippen molar-refractivity contribution in [1.29, 1.82) is 0 Å². The quantitative estimate of drug-likeness (QED) is 0.588. The third kappa shape index (κ3) is 4.54. The number of halogens is 5. The van der Waals surface area contributed by atoms with Gasteiger partial charge in [-0.15, -0.1) is 0 Å². The van der Waals surface area contributed by atoms with E-state index in [1.165, 1.54) is 30.5 Å². The zero-order valence-electron chi connectivity index (χ0n) is 12.6. The van der Waals surface area contributed by atoms with Gasteiger partial charge in [0.25, 0.3) is 5.91 Å². The smallest absolute Gasteiger partial charge is 0.422 e. The van der Waals surface area contributed by atoms with Gasteiger partial charge in [-0.3, -0.25) is 10.1 Å². The molecule has 0 unspecified atom stereocenters. The van der Waals surface area contributed by atoms with Crippen LogP contribution in [0.2, 0.25) is 10.2 Å². The number of thiazole rings is 1. The number of fused-ring (bicyclic) bond motifs is 1. The lowest BCUT2D eigenvalue weighted by Crippen LogP contribution is -2.19. The fraction of sp³-hybridized carbons (Fsp3) is 0.133. The van der Waals surface area contributed by atoms with Crippen LogP contribution < -0.4 is 10.1 Å². The van der Waals surface area contributed by atoms with Crippen LogP contribution in [0.25, 0.3) is 10.2 Å². The number of nitrogens with one attached hydrogen (secondary N) is 1. The maximum Gasteiger partial charge on any atom is 0.422 e. The van der Waals surface area contributed by atoms with Crippen LogP contribution in [0.3, 0.4) is 0 Å². The summed E-state index contributed by atoms with van der Waals surface area (Å²) in [7, 11) is 0. The van der Waals surface area contributed by atoms with Gasteiger partial charge in [-0.1, -0.05) is 34.5 Å². The van der Waals surface area contributed by atoms with Crippen molar-refractivity contribution in [3.8, 4) is 5.75 Å². The number of ether oxygens (including phenoxy) is 1. The summed E-state index contributed by atoms with van der Waals surface area (Å²) in [4.78, 5) is 20.2. The zero-order valence-corrected chi connectivity index (χ0v) is 14.9. The Morgan fingerprint density at radius 2 is 2.04 bits per heavy atom. The number of hydrogen-bond donors (Lipinski definition) is 1. The monoisotopic (exact) mass is 421 g/mol. The van der Waals surface area contributed by atoms with Gasteiger partial charge >= 0.3 is 6.18 Å². The molecule has 2 aromatic heterocycles. The van der Waals surface area contributed by atoms with Crippen molar-refractivity contribution in [2.24, 2.45) is 0 Å². The maximum absolute atomic E-state index is 12.2. The molecule has 1 amide bonds. The number of anilines is 1. The summed E-state index contributed by atoms with van der Waals surface area (Å²) < 4.78 is 41.9. The van der Waals surface area contributed by atoms with Gasteiger partial charge in [0.15, 0.2) is 11.7 Å². The second kappa shape index (κ2) is 7.26. The second-order valence-electron chi connectivity index (χ2n) is 5.00. The summed E-state index contributed by atoms with van der Waals surface area (Å²) >= 11 is 12.6. The van der Waals surface area contributed by atoms with Crippen LogP contribution >= 0.6 is 34.5 Å². The van der Waals surface area contributed by atoms with Crippen molar-refractivity contribution in [1.82, 2.24) is 9.97 Å². The van der Waals surface area contributed by atoms with Crippen LogP contribution in [0, 0.1) is 0 Å². The highest BCUT2D eigenvalue weighted by atomic mass is 35.5. The van der Waals surface area contributed by atoms with Crippen LogP contribution in [-0.4, -0.2) is 28.7 Å². The van der Waals surface area contributed by atoms with E-state index in [9.17, 15) is 18.0 Å². The lowest BCUT2D eigenvalue weighted by atomic mass is 10.3. The number of aromatic nitrogens is 2. The normalized spacial score (nSPS) is 11.6. The van der Waals surface area contributed by atoms with E-state index in [2.05, 4.69) is 15.3 Å². The van der Waals surface area contributed by atoms with Crippen molar-refractivity contribution in [2.45, 2.75) is 6.18 Å². The minimum Gasteiger partial charge on any atom is -0.484 e. The number of carbonyl (C=O) groups is 1. The molecule has 0 saturated carbocycles. The Kier molecular flexibility index (Phi) is 5.22. The van der Waals surface area contributed by atoms with E-state index in [1.807, 2.05) is 0 Å². The molecule has 26 heavy (non-hydrogen) atoms. The summed E-state index contributed by atoms with van der Waals surface area (Å²) in [5.74, 6) is -0.436. The highest BCUT2D eigenvalue weighted by Gasteiger charge is 2.28. The molecule has 5 nitrogen and oxygen atoms in total. The molecule has 0 saturated heterocycles. The van der Waals surface area contributed by atoms with E-state index in [1.54, 1.807) is 0 Å². The molecule has 11 heteroatoms. The number of hydrogen-bond acceptors (Lipinski definition) is 5. The Morgan fingerprint density at radius 1 is 1.27 bits per heavy atom. The minimum absolute atomic E-state index is 0.0602. The third-order valence-corrected chi connectivity index (χ3v) is 4.66. The molecule has 0 atom stereocenters. The van der Waals surface area contributed by atoms with Gasteiger partial charge in [0.2, 0.25) is 0 Å². The molecule has 1 aromatic carbocycles. The molecule has 0 aliphatic heterocycles. The maximum atomic E-state index is 12.2. The molecule has 0 fully saturated rings. The molecule has 3 rings (SSSR count). The average Bonchev–Trinajstić information content (AvgIpc) is 2.96. The summed E-state index contributed by atoms with van der Waals surface area (Å²) in [5, 5.41) is 3.06. The molecular formula is C15H8Cl2F3N3O2S. The molecule has 136 valence electrons. The van der Waals surface area contributed by atoms with E-state index >= 15 is 0 Å². The van der Waals surface area contributed by atoms with Gasteiger partial charge in [-0.05, 0) is 24.3 Å². The van der Waals surface area contributed by atoms with Crippen molar-refractivity contribution in [2.75, 3.05) is 11.9 Å². The third-order valence-electron chi connectivity index (χ3n) is 3.04. The Labute approximate surface area is 158 Å². The van der Waals surface area contributed by atoms with Crippen LogP contribution in [0.15, 0.2) is 30.5 Å². The molecule has 1 N–H and O–H groups in total. The fourth-order valence-electron chi connectivity index (χ4n) is 1.93. The SMILES string of the molecule is O=C(Nc1nc2ccc(OCC(F)(F)F)cc2s1)c1cnc(Cl)c(Cl)c1. The predicted octanol–water partition coefficient (Wildman–Crippen LogP) is 5.19. The van der Waals surface area contributed by atoms with E-state index in [4.69, 9.17) is 27.9 Å². The Bertz CT molecular complexity index is 978. The number of alkyl halides is 3.